The fraction of sp³-hybridized carbons (Fsp3) is 0.333. The van der Waals surface area contributed by atoms with Crippen LogP contribution in [0.4, 0.5) is 4.79 Å². The minimum absolute atomic E-state index is 0.0922. The SMILES string of the molecule is CN1C(=O)[N+](C)(NN)C=C1C(=O)O. The normalized spacial score (nSPS) is 27.8. The minimum atomic E-state index is -1.16. The zero-order valence-corrected chi connectivity index (χ0v) is 7.31. The number of carboxylic acids is 1. The molecule has 1 aliphatic rings. The molecule has 0 saturated carbocycles. The third kappa shape index (κ3) is 1.28. The van der Waals surface area contributed by atoms with Crippen molar-refractivity contribution in [3.05, 3.63) is 11.9 Å². The molecule has 72 valence electrons. The average Bonchev–Trinajstić information content (AvgIpc) is 2.31. The smallest absolute Gasteiger partial charge is 0.448 e. The second kappa shape index (κ2) is 2.80. The summed E-state index contributed by atoms with van der Waals surface area (Å²) in [5, 5.41) is 8.69. The van der Waals surface area contributed by atoms with Crippen molar-refractivity contribution >= 4 is 12.0 Å². The van der Waals surface area contributed by atoms with Gasteiger partial charge in [0.1, 0.15) is 7.05 Å². The lowest BCUT2D eigenvalue weighted by atomic mass is 10.5. The summed E-state index contributed by atoms with van der Waals surface area (Å²) in [6, 6.07) is -0.445. The Labute approximate surface area is 74.5 Å². The number of urea groups is 1. The molecule has 1 aliphatic heterocycles. The van der Waals surface area contributed by atoms with E-state index in [9.17, 15) is 9.59 Å². The Kier molecular flexibility index (Phi) is 2.08. The van der Waals surface area contributed by atoms with E-state index in [4.69, 9.17) is 10.9 Å². The minimum Gasteiger partial charge on any atom is -0.476 e. The van der Waals surface area contributed by atoms with Gasteiger partial charge in [0.05, 0.1) is 0 Å². The number of quaternary nitrogens is 1. The summed E-state index contributed by atoms with van der Waals surface area (Å²) in [5.74, 6) is 3.96. The summed E-state index contributed by atoms with van der Waals surface area (Å²) in [4.78, 5) is 23.1. The Morgan fingerprint density at radius 3 is 2.54 bits per heavy atom. The van der Waals surface area contributed by atoms with Gasteiger partial charge in [-0.25, -0.2) is 15.4 Å². The molecule has 2 amide bonds. The lowest BCUT2D eigenvalue weighted by Gasteiger charge is -2.20. The van der Waals surface area contributed by atoms with Gasteiger partial charge in [0, 0.05) is 7.05 Å². The number of aliphatic carboxylic acids is 1. The first-order valence-electron chi connectivity index (χ1n) is 3.51. The summed E-state index contributed by atoms with van der Waals surface area (Å²) in [6.45, 7) is 0. The van der Waals surface area contributed by atoms with Gasteiger partial charge < -0.3 is 5.11 Å². The Morgan fingerprint density at radius 1 is 1.77 bits per heavy atom. The molecule has 0 saturated heterocycles. The lowest BCUT2D eigenvalue weighted by molar-refractivity contribution is -0.824. The molecule has 13 heavy (non-hydrogen) atoms. The van der Waals surface area contributed by atoms with Crippen LogP contribution in [0.2, 0.25) is 0 Å². The molecule has 1 unspecified atom stereocenters. The van der Waals surface area contributed by atoms with Crippen LogP contribution in [-0.4, -0.2) is 40.7 Å². The standard InChI is InChI=1S/C6H10N4O3/c1-9-4(5(11)12)3-10(2,8-7)6(9)13/h3,8H,7H2,1-2H3/p+1. The number of hydrogen-bond acceptors (Lipinski definition) is 4. The van der Waals surface area contributed by atoms with E-state index in [0.29, 0.717) is 0 Å². The van der Waals surface area contributed by atoms with Gasteiger partial charge in [-0.15, -0.1) is 4.59 Å². The van der Waals surface area contributed by atoms with Crippen LogP contribution in [0.3, 0.4) is 0 Å². The van der Waals surface area contributed by atoms with Gasteiger partial charge >= 0.3 is 12.0 Å². The van der Waals surface area contributed by atoms with E-state index in [1.807, 2.05) is 0 Å². The number of carboxylic acid groups (broad SMARTS) is 1. The third-order valence-electron chi connectivity index (χ3n) is 1.91. The number of rotatable bonds is 2. The number of carbonyl (C=O) groups excluding carboxylic acids is 1. The van der Waals surface area contributed by atoms with Crippen LogP contribution >= 0.6 is 0 Å². The highest BCUT2D eigenvalue weighted by molar-refractivity contribution is 5.92. The predicted octanol–water partition coefficient (Wildman–Crippen LogP) is -1.20. The molecular formula is C6H11N4O3+. The molecule has 1 atom stereocenters. The van der Waals surface area contributed by atoms with Crippen LogP contribution in [0.25, 0.3) is 0 Å². The van der Waals surface area contributed by atoms with E-state index in [1.54, 1.807) is 0 Å². The highest BCUT2D eigenvalue weighted by Crippen LogP contribution is 2.19. The molecule has 0 bridgehead atoms. The second-order valence-electron chi connectivity index (χ2n) is 2.87. The Bertz CT molecular complexity index is 300. The van der Waals surface area contributed by atoms with Gasteiger partial charge in [0.2, 0.25) is 0 Å². The number of hydrogen-bond donors (Lipinski definition) is 3. The first-order valence-corrected chi connectivity index (χ1v) is 3.51. The van der Waals surface area contributed by atoms with Crippen molar-refractivity contribution in [2.75, 3.05) is 14.1 Å². The zero-order chi connectivity index (χ0) is 10.2. The van der Waals surface area contributed by atoms with E-state index in [1.165, 1.54) is 20.3 Å². The summed E-state index contributed by atoms with van der Waals surface area (Å²) >= 11 is 0. The van der Waals surface area contributed by atoms with Crippen LogP contribution in [0, 0.1) is 0 Å². The van der Waals surface area contributed by atoms with E-state index >= 15 is 0 Å². The first-order chi connectivity index (χ1) is 5.92. The van der Waals surface area contributed by atoms with Crippen LogP contribution < -0.4 is 11.4 Å². The van der Waals surface area contributed by atoms with E-state index in [2.05, 4.69) is 5.53 Å². The number of hydrazine groups is 1. The molecule has 1 rings (SSSR count). The molecule has 1 heterocycles. The molecule has 0 aromatic rings. The molecule has 7 nitrogen and oxygen atoms in total. The highest BCUT2D eigenvalue weighted by Gasteiger charge is 2.44. The Balaban J connectivity index is 3.09. The van der Waals surface area contributed by atoms with Gasteiger partial charge in [0.15, 0.2) is 11.9 Å². The maximum Gasteiger partial charge on any atom is 0.448 e. The van der Waals surface area contributed by atoms with Crippen LogP contribution in [0.5, 0.6) is 0 Å². The van der Waals surface area contributed by atoms with Gasteiger partial charge in [-0.05, 0) is 0 Å². The highest BCUT2D eigenvalue weighted by atomic mass is 16.4. The Morgan fingerprint density at radius 2 is 2.31 bits per heavy atom. The number of nitrogens with two attached hydrogens (primary N) is 1. The van der Waals surface area contributed by atoms with Crippen molar-refractivity contribution in [1.29, 1.82) is 0 Å². The predicted molar refractivity (Wildman–Crippen MR) is 42.4 cm³/mol. The molecule has 0 spiro atoms. The van der Waals surface area contributed by atoms with Crippen molar-refractivity contribution in [3.63, 3.8) is 0 Å². The maximum atomic E-state index is 11.4. The molecule has 0 radical (unpaired) electrons. The van der Waals surface area contributed by atoms with Crippen molar-refractivity contribution in [2.24, 2.45) is 5.84 Å². The number of likely N-dealkylation sites (N-methyl/N-ethyl adjacent to an activating group) is 1. The molecule has 0 aromatic carbocycles. The monoisotopic (exact) mass is 187 g/mol. The van der Waals surface area contributed by atoms with E-state index in [0.717, 1.165) is 4.90 Å². The number of carbonyl (C=O) groups is 2. The quantitative estimate of drug-likeness (QED) is 0.287. The largest absolute Gasteiger partial charge is 0.476 e. The number of amides is 2. The van der Waals surface area contributed by atoms with Crippen molar-refractivity contribution < 1.29 is 19.3 Å². The Hall–Kier alpha value is -1.44. The lowest BCUT2D eigenvalue weighted by Crippen LogP contribution is -2.58. The summed E-state index contributed by atoms with van der Waals surface area (Å²) in [5.41, 5.74) is 2.12. The summed E-state index contributed by atoms with van der Waals surface area (Å²) < 4.78 is -0.446. The number of nitrogens with one attached hydrogen (secondary N) is 1. The molecule has 0 aromatic heterocycles. The van der Waals surface area contributed by atoms with Gasteiger partial charge in [-0.2, -0.15) is 0 Å². The van der Waals surface area contributed by atoms with E-state index in [-0.39, 0.29) is 5.70 Å². The molecule has 7 heteroatoms. The van der Waals surface area contributed by atoms with Crippen LogP contribution in [0.15, 0.2) is 11.9 Å². The third-order valence-corrected chi connectivity index (χ3v) is 1.91. The fourth-order valence-corrected chi connectivity index (χ4v) is 1.09. The maximum absolute atomic E-state index is 11.4. The van der Waals surface area contributed by atoms with Crippen molar-refractivity contribution in [3.8, 4) is 0 Å². The zero-order valence-electron chi connectivity index (χ0n) is 7.31. The second-order valence-corrected chi connectivity index (χ2v) is 2.87. The number of nitrogens with zero attached hydrogens (tertiary/aromatic N) is 2. The van der Waals surface area contributed by atoms with E-state index < -0.39 is 16.6 Å². The summed E-state index contributed by atoms with van der Waals surface area (Å²) in [6.07, 6.45) is 1.23. The fourth-order valence-electron chi connectivity index (χ4n) is 1.09. The topological polar surface area (TPSA) is 95.7 Å². The molecule has 0 fully saturated rings. The average molecular weight is 187 g/mol. The molecule has 0 aliphatic carbocycles. The summed E-state index contributed by atoms with van der Waals surface area (Å²) in [7, 11) is 2.83. The first kappa shape index (κ1) is 9.65. The molecule has 4 N–H and O–H groups in total. The van der Waals surface area contributed by atoms with Gasteiger partial charge in [0.25, 0.3) is 0 Å². The van der Waals surface area contributed by atoms with Crippen LogP contribution in [0.1, 0.15) is 0 Å². The van der Waals surface area contributed by atoms with Crippen LogP contribution in [-0.2, 0) is 4.79 Å². The van der Waals surface area contributed by atoms with Gasteiger partial charge in [-0.1, -0.05) is 5.53 Å². The van der Waals surface area contributed by atoms with Gasteiger partial charge in [-0.3, -0.25) is 4.90 Å². The molecular weight excluding hydrogens is 176 g/mol. The van der Waals surface area contributed by atoms with Crippen molar-refractivity contribution in [1.82, 2.24) is 10.4 Å². The van der Waals surface area contributed by atoms with Crippen molar-refractivity contribution in [2.45, 2.75) is 0 Å².